The van der Waals surface area contributed by atoms with Crippen LogP contribution in [0.5, 0.6) is 5.75 Å². The van der Waals surface area contributed by atoms with E-state index in [1.807, 2.05) is 29.2 Å². The Balaban J connectivity index is 1.21. The van der Waals surface area contributed by atoms with Crippen LogP contribution in [0.1, 0.15) is 64.8 Å². The number of aromatic nitrogens is 1. The van der Waals surface area contributed by atoms with Gasteiger partial charge < -0.3 is 19.4 Å². The van der Waals surface area contributed by atoms with Crippen molar-refractivity contribution in [3.05, 3.63) is 82.8 Å². The van der Waals surface area contributed by atoms with Crippen molar-refractivity contribution in [1.82, 2.24) is 15.2 Å². The summed E-state index contributed by atoms with van der Waals surface area (Å²) >= 11 is 0. The average molecular weight is 490 g/mol. The maximum Gasteiger partial charge on any atom is 0.273 e. The van der Waals surface area contributed by atoms with Gasteiger partial charge in [0.05, 0.1) is 6.04 Å². The summed E-state index contributed by atoms with van der Waals surface area (Å²) in [6.45, 7) is 1.33. The number of fused-ring (bicyclic) bond motifs is 1. The largest absolute Gasteiger partial charge is 0.484 e. The third kappa shape index (κ3) is 4.85. The molecule has 2 aromatic carbocycles. The van der Waals surface area contributed by atoms with E-state index in [0.29, 0.717) is 30.6 Å². The number of hydrogen-bond acceptors (Lipinski definition) is 5. The van der Waals surface area contributed by atoms with Crippen LogP contribution in [0.15, 0.2) is 53.1 Å². The van der Waals surface area contributed by atoms with Gasteiger partial charge in [0.1, 0.15) is 17.8 Å². The molecule has 1 aliphatic heterocycles. The molecule has 2 aliphatic carbocycles. The highest BCUT2D eigenvalue weighted by Gasteiger charge is 2.39. The molecule has 2 fully saturated rings. The smallest absolute Gasteiger partial charge is 0.273 e. The molecule has 2 amide bonds. The number of amides is 2. The molecule has 0 bridgehead atoms. The lowest BCUT2D eigenvalue weighted by Crippen LogP contribution is -2.41. The van der Waals surface area contributed by atoms with E-state index in [1.165, 1.54) is 18.4 Å². The molecule has 0 radical (unpaired) electrons. The molecule has 8 heteroatoms. The number of carbonyl (C=O) groups excluding carboxylic acids is 2. The number of nitrogens with zero attached hydrogens (tertiary/aromatic N) is 2. The number of carbonyl (C=O) groups is 2. The van der Waals surface area contributed by atoms with Crippen molar-refractivity contribution in [3.8, 4) is 5.75 Å². The van der Waals surface area contributed by atoms with Crippen LogP contribution in [-0.4, -0.2) is 34.8 Å². The molecule has 6 rings (SSSR count). The van der Waals surface area contributed by atoms with Crippen molar-refractivity contribution >= 4 is 11.8 Å². The van der Waals surface area contributed by atoms with E-state index in [-0.39, 0.29) is 41.9 Å². The van der Waals surface area contributed by atoms with Crippen LogP contribution < -0.4 is 10.1 Å². The lowest BCUT2D eigenvalue weighted by Gasteiger charge is -2.38. The number of hydrogen-bond donors (Lipinski definition) is 1. The minimum atomic E-state index is -0.371. The third-order valence-electron chi connectivity index (χ3n) is 7.11. The minimum absolute atomic E-state index is 0.0596. The first-order valence-corrected chi connectivity index (χ1v) is 12.6. The minimum Gasteiger partial charge on any atom is -0.484 e. The zero-order valence-electron chi connectivity index (χ0n) is 19.9. The molecule has 36 heavy (non-hydrogen) atoms. The SMILES string of the molecule is O=C(NCC1CC1)c1coc(COc2ccc3c(c2)C(c2cccc(F)c2)N(C(=O)C2CC2)CC3)n1. The van der Waals surface area contributed by atoms with E-state index in [1.54, 1.807) is 6.07 Å². The van der Waals surface area contributed by atoms with Crippen molar-refractivity contribution in [3.63, 3.8) is 0 Å². The van der Waals surface area contributed by atoms with Gasteiger partial charge in [-0.25, -0.2) is 9.37 Å². The fourth-order valence-electron chi connectivity index (χ4n) is 4.80. The second-order valence-corrected chi connectivity index (χ2v) is 9.94. The monoisotopic (exact) mass is 489 g/mol. The van der Waals surface area contributed by atoms with Crippen LogP contribution in [0.2, 0.25) is 0 Å². The molecule has 0 spiro atoms. The third-order valence-corrected chi connectivity index (χ3v) is 7.11. The lowest BCUT2D eigenvalue weighted by molar-refractivity contribution is -0.134. The summed E-state index contributed by atoms with van der Waals surface area (Å²) in [6, 6.07) is 11.9. The van der Waals surface area contributed by atoms with Gasteiger partial charge in [0.2, 0.25) is 11.8 Å². The van der Waals surface area contributed by atoms with Gasteiger partial charge in [-0.2, -0.15) is 0 Å². The Labute approximate surface area is 208 Å². The van der Waals surface area contributed by atoms with E-state index in [9.17, 15) is 14.0 Å². The normalized spacial score (nSPS) is 19.0. The first kappa shape index (κ1) is 22.8. The van der Waals surface area contributed by atoms with Gasteiger partial charge in [-0.15, -0.1) is 0 Å². The van der Waals surface area contributed by atoms with E-state index in [4.69, 9.17) is 9.15 Å². The van der Waals surface area contributed by atoms with E-state index in [0.717, 1.165) is 48.8 Å². The molecule has 186 valence electrons. The number of oxazole rings is 1. The fourth-order valence-corrected chi connectivity index (χ4v) is 4.80. The summed E-state index contributed by atoms with van der Waals surface area (Å²) < 4.78 is 25.6. The number of halogens is 1. The second kappa shape index (κ2) is 9.41. The number of ether oxygens (including phenoxy) is 1. The van der Waals surface area contributed by atoms with E-state index < -0.39 is 0 Å². The summed E-state index contributed by atoms with van der Waals surface area (Å²) in [4.78, 5) is 31.5. The van der Waals surface area contributed by atoms with Gasteiger partial charge in [-0.1, -0.05) is 18.2 Å². The Morgan fingerprint density at radius 2 is 2.00 bits per heavy atom. The Bertz CT molecular complexity index is 1300. The van der Waals surface area contributed by atoms with Crippen molar-refractivity contribution in [1.29, 1.82) is 0 Å². The van der Waals surface area contributed by atoms with Crippen LogP contribution >= 0.6 is 0 Å². The average Bonchev–Trinajstić information content (AvgIpc) is 3.83. The van der Waals surface area contributed by atoms with Crippen LogP contribution in [0, 0.1) is 17.7 Å². The molecule has 3 aromatic rings. The molecule has 3 aliphatic rings. The van der Waals surface area contributed by atoms with Gasteiger partial charge in [0.25, 0.3) is 5.91 Å². The maximum atomic E-state index is 14.2. The topological polar surface area (TPSA) is 84.7 Å². The fraction of sp³-hybridized carbons (Fsp3) is 0.393. The van der Waals surface area contributed by atoms with Crippen molar-refractivity contribution in [2.45, 2.75) is 44.8 Å². The van der Waals surface area contributed by atoms with Gasteiger partial charge in [-0.3, -0.25) is 9.59 Å². The number of benzene rings is 2. The van der Waals surface area contributed by atoms with Crippen molar-refractivity contribution in [2.24, 2.45) is 11.8 Å². The molecule has 2 saturated carbocycles. The first-order chi connectivity index (χ1) is 17.5. The standard InChI is InChI=1S/C28H28FN3O4/c29-21-3-1-2-20(12-21)26-23-13-22(9-8-18(23)10-11-32(26)28(34)19-6-7-19)35-16-25-31-24(15-36-25)27(33)30-14-17-4-5-17/h1-3,8-9,12-13,15,17,19,26H,4-7,10-11,14,16H2,(H,30,33). The van der Waals surface area contributed by atoms with Gasteiger partial charge >= 0.3 is 0 Å². The highest BCUT2D eigenvalue weighted by molar-refractivity contribution is 5.91. The summed E-state index contributed by atoms with van der Waals surface area (Å²) in [5, 5.41) is 2.87. The summed E-state index contributed by atoms with van der Waals surface area (Å²) in [5.74, 6) is 1.11. The van der Waals surface area contributed by atoms with Crippen molar-refractivity contribution in [2.75, 3.05) is 13.1 Å². The molecular weight excluding hydrogens is 461 g/mol. The molecule has 0 saturated heterocycles. The lowest BCUT2D eigenvalue weighted by atomic mass is 9.87. The zero-order chi connectivity index (χ0) is 24.6. The first-order valence-electron chi connectivity index (χ1n) is 12.6. The van der Waals surface area contributed by atoms with Crippen molar-refractivity contribution < 1.29 is 23.1 Å². The Hall–Kier alpha value is -3.68. The number of rotatable bonds is 8. The summed E-state index contributed by atoms with van der Waals surface area (Å²) in [6.07, 6.45) is 6.22. The summed E-state index contributed by atoms with van der Waals surface area (Å²) in [7, 11) is 0. The van der Waals surface area contributed by atoms with Crippen LogP contribution in [0.25, 0.3) is 0 Å². The van der Waals surface area contributed by atoms with Gasteiger partial charge in [0, 0.05) is 19.0 Å². The van der Waals surface area contributed by atoms with Gasteiger partial charge in [-0.05, 0) is 79.0 Å². The molecular formula is C28H28FN3O4. The zero-order valence-corrected chi connectivity index (χ0v) is 19.9. The van der Waals surface area contributed by atoms with E-state index in [2.05, 4.69) is 10.3 Å². The van der Waals surface area contributed by atoms with Gasteiger partial charge in [0.15, 0.2) is 12.3 Å². The molecule has 1 unspecified atom stereocenters. The maximum absolute atomic E-state index is 14.2. The summed E-state index contributed by atoms with van der Waals surface area (Å²) in [5.41, 5.74) is 3.03. The molecule has 1 aromatic heterocycles. The molecule has 2 heterocycles. The molecule has 1 N–H and O–H groups in total. The predicted octanol–water partition coefficient (Wildman–Crippen LogP) is 4.42. The Morgan fingerprint density at radius 1 is 1.14 bits per heavy atom. The quantitative estimate of drug-likeness (QED) is 0.507. The highest BCUT2D eigenvalue weighted by Crippen LogP contribution is 2.41. The molecule has 1 atom stereocenters. The van der Waals surface area contributed by atoms with E-state index >= 15 is 0 Å². The predicted molar refractivity (Wildman–Crippen MR) is 129 cm³/mol. The molecule has 7 nitrogen and oxygen atoms in total. The van der Waals surface area contributed by atoms with Crippen LogP contribution in [0.3, 0.4) is 0 Å². The second-order valence-electron chi connectivity index (χ2n) is 9.94. The Morgan fingerprint density at radius 3 is 2.78 bits per heavy atom. The van der Waals surface area contributed by atoms with Crippen LogP contribution in [-0.2, 0) is 17.8 Å². The Kier molecular flexibility index (Phi) is 5.95. The highest BCUT2D eigenvalue weighted by atomic mass is 19.1. The van der Waals surface area contributed by atoms with Crippen LogP contribution in [0.4, 0.5) is 4.39 Å². The number of nitrogens with one attached hydrogen (secondary N) is 1.